The van der Waals surface area contributed by atoms with E-state index in [1.807, 2.05) is 0 Å². The second-order valence-electron chi connectivity index (χ2n) is 7.42. The van der Waals surface area contributed by atoms with Crippen LogP contribution in [0.15, 0.2) is 29.2 Å². The third-order valence-electron chi connectivity index (χ3n) is 5.93. The summed E-state index contributed by atoms with van der Waals surface area (Å²) in [5, 5.41) is 9.32. The number of hydrogen-bond acceptors (Lipinski definition) is 5. The van der Waals surface area contributed by atoms with Crippen LogP contribution >= 0.6 is 0 Å². The summed E-state index contributed by atoms with van der Waals surface area (Å²) >= 11 is 0. The van der Waals surface area contributed by atoms with Crippen LogP contribution in [0.1, 0.15) is 44.9 Å². The number of rotatable bonds is 5. The maximum atomic E-state index is 13.4. The number of nitrogens with zero attached hydrogens (tertiary/aromatic N) is 1. The molecule has 3 rings (SSSR count). The minimum atomic E-state index is -3.87. The van der Waals surface area contributed by atoms with E-state index in [2.05, 4.69) is 0 Å². The van der Waals surface area contributed by atoms with Gasteiger partial charge in [-0.25, -0.2) is 13.9 Å². The Labute approximate surface area is 160 Å². The molecule has 0 radical (unpaired) electrons. The van der Waals surface area contributed by atoms with Crippen molar-refractivity contribution in [2.24, 2.45) is 11.8 Å². The smallest absolute Gasteiger partial charge is 0.262 e. The molecule has 0 aromatic heterocycles. The molecule has 0 bridgehead atoms. The van der Waals surface area contributed by atoms with Crippen molar-refractivity contribution in [2.45, 2.75) is 55.9 Å². The normalized spacial score (nSPS) is 25.1. The number of carbonyl (C=O) groups excluding carboxylic acids is 1. The fraction of sp³-hybridized carbons (Fsp3) is 0.632. The summed E-state index contributed by atoms with van der Waals surface area (Å²) in [6, 6.07) is 5.31. The van der Waals surface area contributed by atoms with Gasteiger partial charge in [-0.2, -0.15) is 4.31 Å². The van der Waals surface area contributed by atoms with Gasteiger partial charge in [0.25, 0.3) is 5.91 Å². The van der Waals surface area contributed by atoms with Crippen LogP contribution in [-0.2, 0) is 14.8 Å². The highest BCUT2D eigenvalue weighted by Crippen LogP contribution is 2.40. The molecule has 8 heteroatoms. The number of amides is 1. The molecule has 27 heavy (non-hydrogen) atoms. The van der Waals surface area contributed by atoms with E-state index in [1.54, 1.807) is 17.6 Å². The summed E-state index contributed by atoms with van der Waals surface area (Å²) in [6.07, 6.45) is 6.63. The monoisotopic (exact) mass is 396 g/mol. The highest BCUT2D eigenvalue weighted by atomic mass is 32.2. The van der Waals surface area contributed by atoms with Gasteiger partial charge >= 0.3 is 0 Å². The van der Waals surface area contributed by atoms with E-state index in [9.17, 15) is 18.4 Å². The summed E-state index contributed by atoms with van der Waals surface area (Å²) in [6.45, 7) is 0.273. The molecule has 0 spiro atoms. The van der Waals surface area contributed by atoms with Crippen molar-refractivity contribution >= 4 is 15.9 Å². The molecule has 2 unspecified atom stereocenters. The Bertz CT molecular complexity index is 744. The van der Waals surface area contributed by atoms with Crippen LogP contribution in [0.5, 0.6) is 5.75 Å². The largest absolute Gasteiger partial charge is 0.497 e. The summed E-state index contributed by atoms with van der Waals surface area (Å²) in [5.41, 5.74) is 1.72. The lowest BCUT2D eigenvalue weighted by atomic mass is 9.81. The summed E-state index contributed by atoms with van der Waals surface area (Å²) in [5.74, 6) is 0.179. The quantitative estimate of drug-likeness (QED) is 0.589. The van der Waals surface area contributed by atoms with Gasteiger partial charge in [0.2, 0.25) is 10.0 Å². The molecule has 1 heterocycles. The fourth-order valence-corrected chi connectivity index (χ4v) is 6.25. The van der Waals surface area contributed by atoms with Crippen LogP contribution in [-0.4, -0.2) is 43.5 Å². The molecule has 150 valence electrons. The molecule has 1 aromatic carbocycles. The highest BCUT2D eigenvalue weighted by molar-refractivity contribution is 7.89. The number of sulfonamides is 1. The summed E-state index contributed by atoms with van der Waals surface area (Å²) in [4.78, 5) is 12.7. The Morgan fingerprint density at radius 1 is 1.11 bits per heavy atom. The van der Waals surface area contributed by atoms with Crippen LogP contribution in [0.3, 0.4) is 0 Å². The molecular weight excluding hydrogens is 368 g/mol. The van der Waals surface area contributed by atoms with Crippen molar-refractivity contribution in [1.82, 2.24) is 9.79 Å². The molecule has 1 aliphatic carbocycles. The van der Waals surface area contributed by atoms with Gasteiger partial charge in [0, 0.05) is 6.54 Å². The van der Waals surface area contributed by atoms with E-state index in [4.69, 9.17) is 4.74 Å². The van der Waals surface area contributed by atoms with E-state index in [1.165, 1.54) is 23.5 Å². The Morgan fingerprint density at radius 3 is 2.33 bits per heavy atom. The first-order valence-corrected chi connectivity index (χ1v) is 11.0. The minimum absolute atomic E-state index is 0.0739. The molecule has 2 aliphatic rings. The first-order chi connectivity index (χ1) is 13.0. The van der Waals surface area contributed by atoms with E-state index in [0.29, 0.717) is 18.1 Å². The zero-order valence-corrected chi connectivity index (χ0v) is 16.5. The molecule has 1 aromatic rings. The number of carbonyl (C=O) groups is 1. The molecule has 1 saturated heterocycles. The number of hydrogen-bond donors (Lipinski definition) is 2. The lowest BCUT2D eigenvalue weighted by Gasteiger charge is -2.35. The van der Waals surface area contributed by atoms with Gasteiger partial charge in [0.05, 0.1) is 12.0 Å². The Hall–Kier alpha value is -1.64. The van der Waals surface area contributed by atoms with Gasteiger partial charge < -0.3 is 4.74 Å². The number of methoxy groups -OCH3 is 1. The maximum Gasteiger partial charge on any atom is 0.262 e. The zero-order valence-electron chi connectivity index (χ0n) is 15.6. The van der Waals surface area contributed by atoms with E-state index < -0.39 is 22.0 Å². The predicted molar refractivity (Wildman–Crippen MR) is 99.9 cm³/mol. The van der Waals surface area contributed by atoms with Crippen molar-refractivity contribution < 1.29 is 23.2 Å². The van der Waals surface area contributed by atoms with Crippen LogP contribution in [0.2, 0.25) is 0 Å². The Morgan fingerprint density at radius 2 is 1.74 bits per heavy atom. The van der Waals surface area contributed by atoms with Crippen molar-refractivity contribution in [2.75, 3.05) is 13.7 Å². The molecule has 7 nitrogen and oxygen atoms in total. The average Bonchev–Trinajstić information content (AvgIpc) is 3.12. The first-order valence-electron chi connectivity index (χ1n) is 9.59. The van der Waals surface area contributed by atoms with Gasteiger partial charge in [0.15, 0.2) is 0 Å². The van der Waals surface area contributed by atoms with E-state index in [-0.39, 0.29) is 17.4 Å². The van der Waals surface area contributed by atoms with E-state index in [0.717, 1.165) is 38.5 Å². The van der Waals surface area contributed by atoms with Crippen LogP contribution < -0.4 is 10.2 Å². The fourth-order valence-electron chi connectivity index (χ4n) is 4.58. The van der Waals surface area contributed by atoms with Crippen molar-refractivity contribution in [3.05, 3.63) is 24.3 Å². The highest BCUT2D eigenvalue weighted by Gasteiger charge is 2.45. The van der Waals surface area contributed by atoms with Gasteiger partial charge in [-0.05, 0) is 48.9 Å². The minimum Gasteiger partial charge on any atom is -0.497 e. The van der Waals surface area contributed by atoms with Crippen LogP contribution in [0.25, 0.3) is 0 Å². The molecule has 2 atom stereocenters. The third kappa shape index (κ3) is 4.12. The topological polar surface area (TPSA) is 95.9 Å². The van der Waals surface area contributed by atoms with Crippen molar-refractivity contribution in [3.63, 3.8) is 0 Å². The maximum absolute atomic E-state index is 13.4. The third-order valence-corrected chi connectivity index (χ3v) is 7.83. The molecule has 2 fully saturated rings. The molecule has 1 amide bonds. The molecule has 1 saturated carbocycles. The molecule has 1 aliphatic heterocycles. The summed E-state index contributed by atoms with van der Waals surface area (Å²) < 4.78 is 33.1. The van der Waals surface area contributed by atoms with E-state index >= 15 is 0 Å². The van der Waals surface area contributed by atoms with Crippen molar-refractivity contribution in [1.29, 1.82) is 0 Å². The lowest BCUT2D eigenvalue weighted by Crippen LogP contribution is -2.53. The number of benzene rings is 1. The Balaban J connectivity index is 1.98. The van der Waals surface area contributed by atoms with Crippen molar-refractivity contribution in [3.8, 4) is 5.75 Å². The second-order valence-corrected chi connectivity index (χ2v) is 9.31. The standard InChI is InChI=1S/C19H28N2O5S/c1-26-15-9-11-16(12-10-15)27(24,25)21-13-5-4-8-17(14-6-2-3-7-14)18(21)19(22)20-23/h9-12,14,17-18,23H,2-8,13H2,1H3,(H,20,22). The SMILES string of the molecule is COc1ccc(S(=O)(=O)N2CCCCC(C3CCCC3)C2C(=O)NO)cc1. The van der Waals surface area contributed by atoms with Crippen LogP contribution in [0, 0.1) is 11.8 Å². The Kier molecular flexibility index (Phi) is 6.39. The predicted octanol–water partition coefficient (Wildman–Crippen LogP) is 2.55. The average molecular weight is 397 g/mol. The second kappa shape index (κ2) is 8.58. The van der Waals surface area contributed by atoms with Crippen LogP contribution in [0.4, 0.5) is 0 Å². The van der Waals surface area contributed by atoms with Gasteiger partial charge in [-0.1, -0.05) is 32.1 Å². The number of hydroxylamine groups is 1. The van der Waals surface area contributed by atoms with Gasteiger partial charge in [-0.15, -0.1) is 0 Å². The summed E-state index contributed by atoms with van der Waals surface area (Å²) in [7, 11) is -2.35. The number of ether oxygens (including phenoxy) is 1. The number of nitrogens with one attached hydrogen (secondary N) is 1. The molecular formula is C19H28N2O5S. The first kappa shape index (κ1) is 20.1. The lowest BCUT2D eigenvalue weighted by molar-refractivity contribution is -0.135. The van der Waals surface area contributed by atoms with Gasteiger partial charge in [-0.3, -0.25) is 10.0 Å². The zero-order chi connectivity index (χ0) is 19.4. The molecule has 2 N–H and O–H groups in total. The van der Waals surface area contributed by atoms with Gasteiger partial charge in [0.1, 0.15) is 11.8 Å².